The summed E-state index contributed by atoms with van der Waals surface area (Å²) in [5.74, 6) is 1.54. The molecule has 1 aromatic heterocycles. The van der Waals surface area contributed by atoms with Gasteiger partial charge in [-0.25, -0.2) is 0 Å². The lowest BCUT2D eigenvalue weighted by Gasteiger charge is -2.47. The Bertz CT molecular complexity index is 4210. The van der Waals surface area contributed by atoms with Gasteiger partial charge in [-0.05, 0) is 118 Å². The van der Waals surface area contributed by atoms with Crippen molar-refractivity contribution in [3.8, 4) is 11.5 Å². The molecule has 0 N–H and O–H groups in total. The highest BCUT2D eigenvalue weighted by atomic mass is 16.5. The molecule has 0 unspecified atom stereocenters. The average Bonchev–Trinajstić information content (AvgIpc) is 3.85. The zero-order chi connectivity index (χ0) is 48.4. The first-order valence-electron chi connectivity index (χ1n) is 25.4. The van der Waals surface area contributed by atoms with Crippen LogP contribution >= 0.6 is 0 Å². The Kier molecular flexibility index (Phi) is 8.83. The fraction of sp³-hybridized carbons (Fsp3) is 0. The summed E-state index contributed by atoms with van der Waals surface area (Å²) in [7, 11) is 0. The van der Waals surface area contributed by atoms with Crippen molar-refractivity contribution in [2.75, 3.05) is 19.6 Å². The minimum Gasteiger partial charge on any atom is -0.457 e. The zero-order valence-electron chi connectivity index (χ0n) is 40.0. The van der Waals surface area contributed by atoms with Gasteiger partial charge in [0.1, 0.15) is 22.7 Å². The number of rotatable bonds is 6. The molecule has 0 aliphatic carbocycles. The van der Waals surface area contributed by atoms with Crippen molar-refractivity contribution in [1.82, 2.24) is 0 Å². The number of para-hydroxylation sites is 8. The number of anilines is 12. The first kappa shape index (κ1) is 41.0. The van der Waals surface area contributed by atoms with Crippen LogP contribution < -0.4 is 57.1 Å². The van der Waals surface area contributed by atoms with Gasteiger partial charge in [-0.1, -0.05) is 152 Å². The summed E-state index contributed by atoms with van der Waals surface area (Å²) in [6.07, 6.45) is 0. The SMILES string of the molecule is c1ccc(Oc2cc3c4c(c2)N(c2ccccc2)c2cc5c(cc2B4c2ccccc2N3c2ccccc2)B2c3ccccc3N(c3ccccc3)c3c2c(cc2oc4ccccc4c32)N5c2ccccc2)cc1. The lowest BCUT2D eigenvalue weighted by Crippen LogP contribution is -2.65. The number of nitrogens with zero attached hydrogens (tertiary/aromatic N) is 4. The minimum atomic E-state index is -0.137. The molecule has 74 heavy (non-hydrogen) atoms. The normalized spacial score (nSPS) is 13.5. The van der Waals surface area contributed by atoms with Crippen LogP contribution in [0.1, 0.15) is 0 Å². The molecule has 8 heteroatoms. The first-order chi connectivity index (χ1) is 36.7. The summed E-state index contributed by atoms with van der Waals surface area (Å²) in [5.41, 5.74) is 22.4. The fourth-order valence-corrected chi connectivity index (χ4v) is 12.7. The second-order valence-electron chi connectivity index (χ2n) is 19.6. The lowest BCUT2D eigenvalue weighted by atomic mass is 9.30. The monoisotopic (exact) mass is 944 g/mol. The van der Waals surface area contributed by atoms with Gasteiger partial charge in [0.25, 0.3) is 13.4 Å². The van der Waals surface area contributed by atoms with Crippen LogP contribution in [0, 0.1) is 0 Å². The van der Waals surface area contributed by atoms with E-state index in [2.05, 4.69) is 244 Å². The van der Waals surface area contributed by atoms with Crippen molar-refractivity contribution < 1.29 is 9.15 Å². The Hall–Kier alpha value is -9.65. The number of furan rings is 1. The molecule has 5 heterocycles. The maximum Gasteiger partial charge on any atom is 0.252 e. The Labute approximate surface area is 429 Å². The highest BCUT2D eigenvalue weighted by Crippen LogP contribution is 2.52. The number of hydrogen-bond donors (Lipinski definition) is 0. The van der Waals surface area contributed by atoms with Gasteiger partial charge < -0.3 is 28.8 Å². The van der Waals surface area contributed by atoms with Crippen molar-refractivity contribution >= 4 is 136 Å². The Morgan fingerprint density at radius 1 is 0.297 bits per heavy atom. The summed E-state index contributed by atoms with van der Waals surface area (Å²) < 4.78 is 13.9. The van der Waals surface area contributed by atoms with E-state index in [1.807, 2.05) is 30.3 Å². The maximum absolute atomic E-state index is 6.97. The van der Waals surface area contributed by atoms with Gasteiger partial charge in [0.05, 0.1) is 11.1 Å². The smallest absolute Gasteiger partial charge is 0.252 e. The zero-order valence-corrected chi connectivity index (χ0v) is 40.0. The molecule has 4 aliphatic heterocycles. The quantitative estimate of drug-likeness (QED) is 0.155. The molecule has 0 saturated carbocycles. The first-order valence-corrected chi connectivity index (χ1v) is 25.4. The van der Waals surface area contributed by atoms with Gasteiger partial charge in [0.2, 0.25) is 0 Å². The third kappa shape index (κ3) is 5.91. The number of fused-ring (bicyclic) bond motifs is 12. The second-order valence-corrected chi connectivity index (χ2v) is 19.6. The standard InChI is InChI=1S/C66H42B2N4O2/c1-6-22-43(23-7-1)69-54-35-19-17-33-50(54)67-52-40-53-57(41-56(52)70(44-24-8-2-9-25-44)59-39-48(38-58(69)64(59)67)73-47-30-14-5-15-31-47)71(45-26-10-3-11-27-45)60-42-62-63(49-32-16-21-37-61(49)74-62)66-65(60)68(53)51-34-18-20-36-55(51)72(66)46-28-12-4-13-29-46/h1-42H. The number of benzene rings is 11. The third-order valence-electron chi connectivity index (χ3n) is 15.6. The molecular formula is C66H42B2N4O2. The molecule has 4 aliphatic rings. The molecule has 11 aromatic carbocycles. The van der Waals surface area contributed by atoms with Crippen molar-refractivity contribution in [1.29, 1.82) is 0 Å². The van der Waals surface area contributed by atoms with Gasteiger partial charge in [0, 0.05) is 86.1 Å². The van der Waals surface area contributed by atoms with Crippen molar-refractivity contribution in [2.45, 2.75) is 0 Å². The molecule has 0 bridgehead atoms. The molecule has 0 atom stereocenters. The van der Waals surface area contributed by atoms with Crippen molar-refractivity contribution in [3.63, 3.8) is 0 Å². The largest absolute Gasteiger partial charge is 0.457 e. The van der Waals surface area contributed by atoms with E-state index >= 15 is 0 Å². The molecule has 6 nitrogen and oxygen atoms in total. The fourth-order valence-electron chi connectivity index (χ4n) is 12.7. The summed E-state index contributed by atoms with van der Waals surface area (Å²) in [5, 5.41) is 2.21. The highest BCUT2D eigenvalue weighted by Gasteiger charge is 2.49. The van der Waals surface area contributed by atoms with Crippen LogP contribution in [0.15, 0.2) is 259 Å². The number of ether oxygens (including phenoxy) is 1. The van der Waals surface area contributed by atoms with E-state index in [0.717, 1.165) is 102 Å². The molecule has 0 spiro atoms. The Morgan fingerprint density at radius 2 is 0.730 bits per heavy atom. The van der Waals surface area contributed by atoms with E-state index in [4.69, 9.17) is 9.15 Å². The van der Waals surface area contributed by atoms with Gasteiger partial charge in [-0.3, -0.25) is 0 Å². The molecule has 0 saturated heterocycles. The van der Waals surface area contributed by atoms with Gasteiger partial charge >= 0.3 is 0 Å². The summed E-state index contributed by atoms with van der Waals surface area (Å²) >= 11 is 0. The van der Waals surface area contributed by atoms with E-state index in [9.17, 15) is 0 Å². The van der Waals surface area contributed by atoms with E-state index in [1.54, 1.807) is 0 Å². The van der Waals surface area contributed by atoms with Crippen molar-refractivity contribution in [3.05, 3.63) is 255 Å². The molecule has 0 radical (unpaired) electrons. The molecule has 16 rings (SSSR count). The van der Waals surface area contributed by atoms with E-state index in [-0.39, 0.29) is 13.4 Å². The van der Waals surface area contributed by atoms with E-state index in [0.29, 0.717) is 0 Å². The van der Waals surface area contributed by atoms with E-state index in [1.165, 1.54) is 32.8 Å². The van der Waals surface area contributed by atoms with Crippen LogP contribution in [0.25, 0.3) is 21.9 Å². The van der Waals surface area contributed by atoms with Crippen LogP contribution in [-0.2, 0) is 0 Å². The second kappa shape index (κ2) is 15.9. The average molecular weight is 945 g/mol. The Morgan fingerprint density at radius 3 is 1.30 bits per heavy atom. The predicted octanol–water partition coefficient (Wildman–Crippen LogP) is 13.5. The molecule has 12 aromatic rings. The molecule has 344 valence electrons. The van der Waals surface area contributed by atoms with Gasteiger partial charge in [-0.15, -0.1) is 0 Å². The third-order valence-corrected chi connectivity index (χ3v) is 15.6. The van der Waals surface area contributed by atoms with Crippen LogP contribution in [0.4, 0.5) is 68.2 Å². The maximum atomic E-state index is 6.97. The highest BCUT2D eigenvalue weighted by molar-refractivity contribution is 7.03. The summed E-state index contributed by atoms with van der Waals surface area (Å²) in [4.78, 5) is 9.91. The van der Waals surface area contributed by atoms with Crippen LogP contribution in [0.3, 0.4) is 0 Å². The number of hydrogen-bond acceptors (Lipinski definition) is 6. The predicted molar refractivity (Wildman–Crippen MR) is 308 cm³/mol. The lowest BCUT2D eigenvalue weighted by molar-refractivity contribution is 0.483. The Balaban J connectivity index is 1.04. The molecule has 0 fully saturated rings. The topological polar surface area (TPSA) is 35.3 Å². The van der Waals surface area contributed by atoms with Crippen LogP contribution in [0.5, 0.6) is 11.5 Å². The summed E-state index contributed by atoms with van der Waals surface area (Å²) in [6.45, 7) is -0.268. The van der Waals surface area contributed by atoms with Gasteiger partial charge in [-0.2, -0.15) is 0 Å². The van der Waals surface area contributed by atoms with Gasteiger partial charge in [0.15, 0.2) is 0 Å². The summed E-state index contributed by atoms with van der Waals surface area (Å²) in [6, 6.07) is 92.0. The van der Waals surface area contributed by atoms with E-state index < -0.39 is 0 Å². The van der Waals surface area contributed by atoms with Crippen LogP contribution in [0.2, 0.25) is 0 Å². The van der Waals surface area contributed by atoms with Crippen molar-refractivity contribution in [2.24, 2.45) is 0 Å². The molecule has 0 amide bonds. The minimum absolute atomic E-state index is 0.131. The van der Waals surface area contributed by atoms with Crippen LogP contribution in [-0.4, -0.2) is 13.4 Å². The molecular weight excluding hydrogens is 902 g/mol.